The van der Waals surface area contributed by atoms with E-state index in [1.165, 1.54) is 29.3 Å². The van der Waals surface area contributed by atoms with Gasteiger partial charge in [0.05, 0.1) is 0 Å². The van der Waals surface area contributed by atoms with Crippen LogP contribution < -0.4 is 5.32 Å². The van der Waals surface area contributed by atoms with Crippen LogP contribution in [0.15, 0.2) is 34.7 Å². The van der Waals surface area contributed by atoms with Gasteiger partial charge in [-0.25, -0.2) is 0 Å². The molecule has 0 heterocycles. The molecule has 1 aromatic carbocycles. The Labute approximate surface area is 97.9 Å². The van der Waals surface area contributed by atoms with Crippen LogP contribution in [0.3, 0.4) is 0 Å². The third-order valence-corrected chi connectivity index (χ3v) is 3.02. The lowest BCUT2D eigenvalue weighted by Gasteiger charge is -2.03. The third-order valence-electron chi connectivity index (χ3n) is 1.57. The zero-order valence-electron chi connectivity index (χ0n) is 8.34. The zero-order valence-corrected chi connectivity index (χ0v) is 9.98. The van der Waals surface area contributed by atoms with Crippen LogP contribution in [0.1, 0.15) is 5.56 Å². The summed E-state index contributed by atoms with van der Waals surface area (Å²) >= 11 is 2.84. The Bertz CT molecular complexity index is 327. The van der Waals surface area contributed by atoms with E-state index in [4.69, 9.17) is 0 Å². The Morgan fingerprint density at radius 1 is 1.47 bits per heavy atom. The summed E-state index contributed by atoms with van der Waals surface area (Å²) in [6.45, 7) is 0. The first-order chi connectivity index (χ1) is 7.36. The highest BCUT2D eigenvalue weighted by Gasteiger charge is 1.99. The second kappa shape index (κ2) is 7.36. The van der Waals surface area contributed by atoms with Crippen LogP contribution in [0.25, 0.3) is 0 Å². The Balaban J connectivity index is 2.47. The molecule has 3 nitrogen and oxygen atoms in total. The van der Waals surface area contributed by atoms with Crippen LogP contribution in [0.2, 0.25) is 0 Å². The number of hydrogen-bond acceptors (Lipinski definition) is 4. The first-order valence-corrected chi connectivity index (χ1v) is 6.51. The fourth-order valence-corrected chi connectivity index (χ4v) is 2.23. The fraction of sp³-hybridized carbons (Fsp3) is 0.200. The number of amidine groups is 1. The van der Waals surface area contributed by atoms with E-state index < -0.39 is 0 Å². The smallest absolute Gasteiger partial charge is 0.213 e. The molecule has 0 saturated heterocycles. The highest BCUT2D eigenvalue weighted by molar-refractivity contribution is 8.14. The number of thioether (sulfide) groups is 1. The Morgan fingerprint density at radius 3 is 2.80 bits per heavy atom. The van der Waals surface area contributed by atoms with Crippen molar-refractivity contribution in [1.29, 1.82) is 0 Å². The van der Waals surface area contributed by atoms with Gasteiger partial charge in [0.15, 0.2) is 5.17 Å². The molecule has 0 fully saturated rings. The molecule has 0 aliphatic carbocycles. The van der Waals surface area contributed by atoms with Crippen LogP contribution in [-0.2, 0) is 10.5 Å². The van der Waals surface area contributed by atoms with Crippen molar-refractivity contribution in [3.8, 4) is 0 Å². The van der Waals surface area contributed by atoms with Gasteiger partial charge in [0.25, 0.3) is 0 Å². The lowest BCUT2D eigenvalue weighted by Crippen LogP contribution is -2.17. The Kier molecular flexibility index (Phi) is 5.96. The standard InChI is InChI=1S/C10H12N2OS2/c1-14-12-10(11-8-13)15-7-9-5-3-2-4-6-9/h2-6,8H,7H2,1H3,(H,11,12,13). The molecule has 0 bridgehead atoms. The van der Waals surface area contributed by atoms with E-state index in [0.717, 1.165) is 5.75 Å². The van der Waals surface area contributed by atoms with E-state index in [-0.39, 0.29) is 0 Å². The summed E-state index contributed by atoms with van der Waals surface area (Å²) in [6, 6.07) is 10.1. The van der Waals surface area contributed by atoms with E-state index in [0.29, 0.717) is 11.6 Å². The van der Waals surface area contributed by atoms with Crippen molar-refractivity contribution in [3.63, 3.8) is 0 Å². The minimum Gasteiger partial charge on any atom is -0.307 e. The van der Waals surface area contributed by atoms with Crippen LogP contribution in [0, 0.1) is 0 Å². The number of amides is 1. The van der Waals surface area contributed by atoms with E-state index in [1.54, 1.807) is 0 Å². The van der Waals surface area contributed by atoms with E-state index >= 15 is 0 Å². The van der Waals surface area contributed by atoms with Gasteiger partial charge in [-0.1, -0.05) is 42.1 Å². The van der Waals surface area contributed by atoms with Gasteiger partial charge in [-0.3, -0.25) is 4.79 Å². The number of benzene rings is 1. The molecule has 15 heavy (non-hydrogen) atoms. The van der Waals surface area contributed by atoms with Crippen molar-refractivity contribution in [2.24, 2.45) is 4.40 Å². The van der Waals surface area contributed by atoms with Crippen LogP contribution in [0.4, 0.5) is 0 Å². The van der Waals surface area contributed by atoms with Crippen LogP contribution >= 0.6 is 23.7 Å². The van der Waals surface area contributed by atoms with Crippen molar-refractivity contribution in [3.05, 3.63) is 35.9 Å². The summed E-state index contributed by atoms with van der Waals surface area (Å²) in [7, 11) is 0. The predicted octanol–water partition coefficient (Wildman–Crippen LogP) is 2.30. The SMILES string of the molecule is CS/N=C(\NC=O)SCc1ccccc1. The zero-order chi connectivity index (χ0) is 10.9. The molecule has 0 aliphatic heterocycles. The molecule has 1 N–H and O–H groups in total. The highest BCUT2D eigenvalue weighted by Crippen LogP contribution is 2.13. The van der Waals surface area contributed by atoms with Gasteiger partial charge in [0.2, 0.25) is 6.41 Å². The molecule has 0 radical (unpaired) electrons. The van der Waals surface area contributed by atoms with Crippen LogP contribution in [0.5, 0.6) is 0 Å². The molecule has 5 heteroatoms. The molecule has 1 aromatic rings. The van der Waals surface area contributed by atoms with Crippen molar-refractivity contribution in [2.45, 2.75) is 5.75 Å². The maximum absolute atomic E-state index is 10.3. The van der Waals surface area contributed by atoms with Crippen molar-refractivity contribution >= 4 is 35.3 Å². The minimum atomic E-state index is 0.640. The lowest BCUT2D eigenvalue weighted by atomic mass is 10.2. The second-order valence-electron chi connectivity index (χ2n) is 2.62. The number of nitrogens with zero attached hydrogens (tertiary/aromatic N) is 1. The predicted molar refractivity (Wildman–Crippen MR) is 67.9 cm³/mol. The van der Waals surface area contributed by atoms with Crippen LogP contribution in [-0.4, -0.2) is 17.8 Å². The Morgan fingerprint density at radius 2 is 2.20 bits per heavy atom. The van der Waals surface area contributed by atoms with Crippen molar-refractivity contribution in [1.82, 2.24) is 5.32 Å². The maximum Gasteiger partial charge on any atom is 0.213 e. The van der Waals surface area contributed by atoms with Gasteiger partial charge in [-0.05, 0) is 17.5 Å². The normalized spacial score (nSPS) is 11.1. The summed E-state index contributed by atoms with van der Waals surface area (Å²) in [5.74, 6) is 0.807. The van der Waals surface area contributed by atoms with Crippen molar-refractivity contribution < 1.29 is 4.79 Å². The molecule has 0 atom stereocenters. The molecule has 80 valence electrons. The van der Waals surface area contributed by atoms with E-state index in [2.05, 4.69) is 9.71 Å². The molecule has 0 aliphatic rings. The fourth-order valence-electron chi connectivity index (χ4n) is 0.954. The van der Waals surface area contributed by atoms with Gasteiger partial charge in [-0.15, -0.1) is 0 Å². The molecule has 0 saturated carbocycles. The molecular weight excluding hydrogens is 228 g/mol. The average Bonchev–Trinajstić information content (AvgIpc) is 2.28. The lowest BCUT2D eigenvalue weighted by molar-refractivity contribution is -0.108. The second-order valence-corrected chi connectivity index (χ2v) is 4.13. The summed E-state index contributed by atoms with van der Waals surface area (Å²) in [5.41, 5.74) is 1.21. The molecule has 0 aromatic heterocycles. The third kappa shape index (κ3) is 4.90. The number of rotatable bonds is 4. The largest absolute Gasteiger partial charge is 0.307 e. The number of carbonyl (C=O) groups excluding carboxylic acids is 1. The van der Waals surface area contributed by atoms with Gasteiger partial charge >= 0.3 is 0 Å². The monoisotopic (exact) mass is 240 g/mol. The Hall–Kier alpha value is -0.940. The topological polar surface area (TPSA) is 41.5 Å². The molecule has 1 rings (SSSR count). The molecule has 0 unspecified atom stereocenters. The number of carbonyl (C=O) groups is 1. The quantitative estimate of drug-likeness (QED) is 0.380. The van der Waals surface area contributed by atoms with Crippen molar-refractivity contribution in [2.75, 3.05) is 6.26 Å². The summed E-state index contributed by atoms with van der Waals surface area (Å²) in [4.78, 5) is 10.3. The van der Waals surface area contributed by atoms with E-state index in [9.17, 15) is 4.79 Å². The van der Waals surface area contributed by atoms with Gasteiger partial charge in [0, 0.05) is 12.0 Å². The van der Waals surface area contributed by atoms with Gasteiger partial charge in [-0.2, -0.15) is 4.40 Å². The maximum atomic E-state index is 10.3. The first kappa shape index (κ1) is 12.1. The molecular formula is C10H12N2OS2. The summed E-state index contributed by atoms with van der Waals surface area (Å²) < 4.78 is 4.08. The highest BCUT2D eigenvalue weighted by atomic mass is 32.2. The first-order valence-electron chi connectivity index (χ1n) is 4.35. The summed E-state index contributed by atoms with van der Waals surface area (Å²) in [6.07, 6.45) is 2.50. The minimum absolute atomic E-state index is 0.640. The number of nitrogens with one attached hydrogen (secondary N) is 1. The summed E-state index contributed by atoms with van der Waals surface area (Å²) in [5, 5.41) is 3.21. The average molecular weight is 240 g/mol. The molecule has 0 spiro atoms. The van der Waals surface area contributed by atoms with E-state index in [1.807, 2.05) is 36.6 Å². The van der Waals surface area contributed by atoms with Gasteiger partial charge in [0.1, 0.15) is 0 Å². The van der Waals surface area contributed by atoms with Gasteiger partial charge < -0.3 is 5.32 Å². The number of hydrogen-bond donors (Lipinski definition) is 1. The molecule has 1 amide bonds.